The zero-order valence-electron chi connectivity index (χ0n) is 10.8. The molecule has 2 aromatic rings. The standard InChI is InChI=1S/C17H17N/c1-14-11-15(2)13-16(12-14)7-3-4-8-17-9-5-6-10-18-17/h3-13H,1-2H3. The van der Waals surface area contributed by atoms with Crippen LogP contribution in [0.3, 0.4) is 0 Å². The summed E-state index contributed by atoms with van der Waals surface area (Å²) in [4.78, 5) is 4.23. The predicted octanol–water partition coefficient (Wildman–Crippen LogP) is 4.43. The lowest BCUT2D eigenvalue weighted by molar-refractivity contribution is 1.30. The summed E-state index contributed by atoms with van der Waals surface area (Å²) in [7, 11) is 0. The highest BCUT2D eigenvalue weighted by Crippen LogP contribution is 2.10. The fourth-order valence-corrected chi connectivity index (χ4v) is 1.90. The maximum absolute atomic E-state index is 4.23. The second kappa shape index (κ2) is 5.97. The van der Waals surface area contributed by atoms with Crippen LogP contribution < -0.4 is 0 Å². The normalized spacial score (nSPS) is 11.4. The molecule has 0 atom stereocenters. The Kier molecular flexibility index (Phi) is 4.08. The summed E-state index contributed by atoms with van der Waals surface area (Å²) in [6.45, 7) is 4.24. The van der Waals surface area contributed by atoms with Crippen LogP contribution >= 0.6 is 0 Å². The molecule has 1 heteroatoms. The van der Waals surface area contributed by atoms with Crippen molar-refractivity contribution in [2.75, 3.05) is 0 Å². The minimum absolute atomic E-state index is 0.975. The van der Waals surface area contributed by atoms with Crippen LogP contribution in [0.4, 0.5) is 0 Å². The molecule has 0 bridgehead atoms. The van der Waals surface area contributed by atoms with E-state index in [1.54, 1.807) is 6.20 Å². The molecule has 18 heavy (non-hydrogen) atoms. The summed E-state index contributed by atoms with van der Waals surface area (Å²) in [6.07, 6.45) is 9.97. The van der Waals surface area contributed by atoms with E-state index in [2.05, 4.69) is 43.1 Å². The van der Waals surface area contributed by atoms with Gasteiger partial charge in [0.25, 0.3) is 0 Å². The summed E-state index contributed by atoms with van der Waals surface area (Å²) < 4.78 is 0. The van der Waals surface area contributed by atoms with E-state index in [1.807, 2.05) is 36.4 Å². The smallest absolute Gasteiger partial charge is 0.0629 e. The van der Waals surface area contributed by atoms with E-state index < -0.39 is 0 Å². The minimum Gasteiger partial charge on any atom is -0.257 e. The van der Waals surface area contributed by atoms with E-state index in [9.17, 15) is 0 Å². The number of benzene rings is 1. The van der Waals surface area contributed by atoms with Gasteiger partial charge in [0.15, 0.2) is 0 Å². The number of pyridine rings is 1. The highest BCUT2D eigenvalue weighted by atomic mass is 14.6. The highest BCUT2D eigenvalue weighted by Gasteiger charge is 1.90. The first kappa shape index (κ1) is 12.3. The van der Waals surface area contributed by atoms with Crippen LogP contribution in [0.15, 0.2) is 54.7 Å². The van der Waals surface area contributed by atoms with Gasteiger partial charge in [0.1, 0.15) is 0 Å². The zero-order chi connectivity index (χ0) is 12.8. The molecule has 0 radical (unpaired) electrons. The average molecular weight is 235 g/mol. The number of aryl methyl sites for hydroxylation is 2. The van der Waals surface area contributed by atoms with E-state index in [0.29, 0.717) is 0 Å². The van der Waals surface area contributed by atoms with E-state index >= 15 is 0 Å². The molecule has 1 aromatic heterocycles. The monoisotopic (exact) mass is 235 g/mol. The Morgan fingerprint density at radius 1 is 0.889 bits per heavy atom. The van der Waals surface area contributed by atoms with Gasteiger partial charge < -0.3 is 0 Å². The van der Waals surface area contributed by atoms with Crippen LogP contribution in [-0.4, -0.2) is 4.98 Å². The maximum atomic E-state index is 4.23. The first-order chi connectivity index (χ1) is 8.74. The van der Waals surface area contributed by atoms with E-state index in [0.717, 1.165) is 5.69 Å². The number of allylic oxidation sites excluding steroid dienone is 2. The van der Waals surface area contributed by atoms with Crippen molar-refractivity contribution in [2.45, 2.75) is 13.8 Å². The maximum Gasteiger partial charge on any atom is 0.0629 e. The average Bonchev–Trinajstić information content (AvgIpc) is 2.35. The number of aromatic nitrogens is 1. The van der Waals surface area contributed by atoms with Crippen molar-refractivity contribution >= 4 is 12.2 Å². The van der Waals surface area contributed by atoms with Gasteiger partial charge in [-0.25, -0.2) is 0 Å². The molecule has 0 N–H and O–H groups in total. The van der Waals surface area contributed by atoms with E-state index in [1.165, 1.54) is 16.7 Å². The van der Waals surface area contributed by atoms with Crippen LogP contribution in [0.25, 0.3) is 12.2 Å². The summed E-state index contributed by atoms with van der Waals surface area (Å²) >= 11 is 0. The molecule has 0 saturated heterocycles. The van der Waals surface area contributed by atoms with Gasteiger partial charge in [-0.3, -0.25) is 4.98 Å². The Hall–Kier alpha value is -2.15. The quantitative estimate of drug-likeness (QED) is 0.717. The number of rotatable bonds is 3. The summed E-state index contributed by atoms with van der Waals surface area (Å²) in [5.41, 5.74) is 4.80. The summed E-state index contributed by atoms with van der Waals surface area (Å²) in [5.74, 6) is 0. The summed E-state index contributed by atoms with van der Waals surface area (Å²) in [5, 5.41) is 0. The lowest BCUT2D eigenvalue weighted by atomic mass is 10.1. The Morgan fingerprint density at radius 3 is 2.28 bits per heavy atom. The predicted molar refractivity (Wildman–Crippen MR) is 78.2 cm³/mol. The third-order valence-corrected chi connectivity index (χ3v) is 2.60. The van der Waals surface area contributed by atoms with Crippen LogP contribution in [-0.2, 0) is 0 Å². The number of hydrogen-bond donors (Lipinski definition) is 0. The second-order valence-corrected chi connectivity index (χ2v) is 4.39. The van der Waals surface area contributed by atoms with E-state index in [-0.39, 0.29) is 0 Å². The zero-order valence-corrected chi connectivity index (χ0v) is 10.8. The van der Waals surface area contributed by atoms with Crippen molar-refractivity contribution in [3.63, 3.8) is 0 Å². The molecule has 0 fully saturated rings. The first-order valence-corrected chi connectivity index (χ1v) is 6.08. The fraction of sp³-hybridized carbons (Fsp3) is 0.118. The molecule has 2 rings (SSSR count). The molecule has 1 heterocycles. The van der Waals surface area contributed by atoms with Gasteiger partial charge >= 0.3 is 0 Å². The van der Waals surface area contributed by atoms with Gasteiger partial charge in [0, 0.05) is 6.20 Å². The third kappa shape index (κ3) is 3.70. The molecular formula is C17H17N. The number of hydrogen-bond acceptors (Lipinski definition) is 1. The van der Waals surface area contributed by atoms with Gasteiger partial charge in [-0.15, -0.1) is 0 Å². The Balaban J connectivity index is 2.05. The molecule has 0 spiro atoms. The van der Waals surface area contributed by atoms with Crippen molar-refractivity contribution < 1.29 is 0 Å². The summed E-state index contributed by atoms with van der Waals surface area (Å²) in [6, 6.07) is 12.4. The van der Waals surface area contributed by atoms with Crippen LogP contribution in [0.1, 0.15) is 22.4 Å². The Bertz CT molecular complexity index is 545. The van der Waals surface area contributed by atoms with Gasteiger partial charge in [-0.1, -0.05) is 53.6 Å². The van der Waals surface area contributed by atoms with E-state index in [4.69, 9.17) is 0 Å². The topological polar surface area (TPSA) is 12.9 Å². The molecule has 0 unspecified atom stereocenters. The molecule has 0 aliphatic rings. The van der Waals surface area contributed by atoms with Gasteiger partial charge in [0.2, 0.25) is 0 Å². The molecule has 1 aromatic carbocycles. The van der Waals surface area contributed by atoms with Crippen molar-refractivity contribution in [2.24, 2.45) is 0 Å². The van der Waals surface area contributed by atoms with Gasteiger partial charge in [-0.2, -0.15) is 0 Å². The fourth-order valence-electron chi connectivity index (χ4n) is 1.90. The van der Waals surface area contributed by atoms with Gasteiger partial charge in [0.05, 0.1) is 5.69 Å². The molecule has 0 aliphatic heterocycles. The largest absolute Gasteiger partial charge is 0.257 e. The van der Waals surface area contributed by atoms with Crippen molar-refractivity contribution in [3.8, 4) is 0 Å². The lowest BCUT2D eigenvalue weighted by Crippen LogP contribution is -1.79. The second-order valence-electron chi connectivity index (χ2n) is 4.39. The van der Waals surface area contributed by atoms with Crippen LogP contribution in [0.2, 0.25) is 0 Å². The molecule has 0 saturated carbocycles. The Morgan fingerprint density at radius 2 is 1.61 bits per heavy atom. The van der Waals surface area contributed by atoms with Crippen LogP contribution in [0.5, 0.6) is 0 Å². The first-order valence-electron chi connectivity index (χ1n) is 6.08. The third-order valence-electron chi connectivity index (χ3n) is 2.60. The lowest BCUT2D eigenvalue weighted by Gasteiger charge is -1.98. The van der Waals surface area contributed by atoms with Crippen molar-refractivity contribution in [1.29, 1.82) is 0 Å². The van der Waals surface area contributed by atoms with Crippen LogP contribution in [0, 0.1) is 13.8 Å². The van der Waals surface area contributed by atoms with Gasteiger partial charge in [-0.05, 0) is 37.6 Å². The Labute approximate surface area is 109 Å². The number of nitrogens with zero attached hydrogens (tertiary/aromatic N) is 1. The molecule has 0 aliphatic carbocycles. The molecular weight excluding hydrogens is 218 g/mol. The minimum atomic E-state index is 0.975. The highest BCUT2D eigenvalue weighted by molar-refractivity contribution is 5.56. The molecule has 0 amide bonds. The molecule has 90 valence electrons. The molecule has 1 nitrogen and oxygen atoms in total. The SMILES string of the molecule is Cc1cc(C)cc(C=CC=Cc2ccccn2)c1. The van der Waals surface area contributed by atoms with Crippen molar-refractivity contribution in [3.05, 3.63) is 77.1 Å². The van der Waals surface area contributed by atoms with Crippen molar-refractivity contribution in [1.82, 2.24) is 4.98 Å².